The van der Waals surface area contributed by atoms with E-state index in [1.165, 1.54) is 6.07 Å². The monoisotopic (exact) mass is 477 g/mol. The summed E-state index contributed by atoms with van der Waals surface area (Å²) in [6.07, 6.45) is 1.76. The number of benzene rings is 2. The van der Waals surface area contributed by atoms with E-state index in [-0.39, 0.29) is 28.5 Å². The van der Waals surface area contributed by atoms with Gasteiger partial charge in [-0.15, -0.1) is 11.8 Å². The third kappa shape index (κ3) is 5.70. The summed E-state index contributed by atoms with van der Waals surface area (Å²) in [5.41, 5.74) is 1.50. The number of piperidine rings is 1. The molecule has 32 heavy (non-hydrogen) atoms. The number of rotatable bonds is 6. The lowest BCUT2D eigenvalue weighted by atomic mass is 9.97. The van der Waals surface area contributed by atoms with Crippen molar-refractivity contribution in [2.45, 2.75) is 36.1 Å². The van der Waals surface area contributed by atoms with Gasteiger partial charge in [0.15, 0.2) is 0 Å². The van der Waals surface area contributed by atoms with Gasteiger partial charge in [0.25, 0.3) is 0 Å². The van der Waals surface area contributed by atoms with Gasteiger partial charge in [0.2, 0.25) is 15.9 Å². The van der Waals surface area contributed by atoms with E-state index in [0.717, 1.165) is 36.4 Å². The lowest BCUT2D eigenvalue weighted by Crippen LogP contribution is -2.38. The Morgan fingerprint density at radius 3 is 2.72 bits per heavy atom. The van der Waals surface area contributed by atoms with Gasteiger partial charge in [-0.05, 0) is 67.7 Å². The van der Waals surface area contributed by atoms with Gasteiger partial charge in [-0.1, -0.05) is 19.1 Å². The first kappa shape index (κ1) is 23.2. The molecule has 2 aliphatic rings. The van der Waals surface area contributed by atoms with Crippen LogP contribution in [0.15, 0.2) is 52.3 Å². The van der Waals surface area contributed by atoms with E-state index in [1.54, 1.807) is 42.1 Å². The molecule has 172 valence electrons. The zero-order chi connectivity index (χ0) is 22.7. The number of halogens is 1. The second-order valence-electron chi connectivity index (χ2n) is 8.56. The SMILES string of the molecule is C[C@H]1CSc2ccc(S(=O)(=O)NCC3CCN(Cc4cccc(F)c4)CC3)cc2NC1=O. The number of anilines is 1. The van der Waals surface area contributed by atoms with E-state index < -0.39 is 10.0 Å². The Morgan fingerprint density at radius 1 is 1.19 bits per heavy atom. The van der Waals surface area contributed by atoms with E-state index >= 15 is 0 Å². The van der Waals surface area contributed by atoms with E-state index in [1.807, 2.05) is 13.0 Å². The summed E-state index contributed by atoms with van der Waals surface area (Å²) in [6, 6.07) is 11.5. The van der Waals surface area contributed by atoms with Crippen molar-refractivity contribution in [2.24, 2.45) is 11.8 Å². The fourth-order valence-corrected chi connectivity index (χ4v) is 6.15. The first-order chi connectivity index (χ1) is 15.3. The Balaban J connectivity index is 1.31. The van der Waals surface area contributed by atoms with Gasteiger partial charge in [-0.2, -0.15) is 0 Å². The summed E-state index contributed by atoms with van der Waals surface area (Å²) < 4.78 is 41.8. The molecule has 0 aliphatic carbocycles. The van der Waals surface area contributed by atoms with Gasteiger partial charge in [0, 0.05) is 29.7 Å². The number of thioether (sulfide) groups is 1. The quantitative estimate of drug-likeness (QED) is 0.663. The van der Waals surface area contributed by atoms with Crippen molar-refractivity contribution in [3.63, 3.8) is 0 Å². The summed E-state index contributed by atoms with van der Waals surface area (Å²) >= 11 is 1.55. The highest BCUT2D eigenvalue weighted by atomic mass is 32.2. The van der Waals surface area contributed by atoms with Crippen molar-refractivity contribution >= 4 is 33.4 Å². The molecule has 0 bridgehead atoms. The van der Waals surface area contributed by atoms with Crippen LogP contribution in [0.3, 0.4) is 0 Å². The average Bonchev–Trinajstić information content (AvgIpc) is 2.91. The van der Waals surface area contributed by atoms with E-state index in [4.69, 9.17) is 0 Å². The second-order valence-corrected chi connectivity index (χ2v) is 11.4. The molecule has 1 saturated heterocycles. The molecule has 9 heteroatoms. The van der Waals surface area contributed by atoms with Crippen LogP contribution in [0.5, 0.6) is 0 Å². The Hall–Kier alpha value is -1.94. The maximum absolute atomic E-state index is 13.4. The maximum atomic E-state index is 13.4. The summed E-state index contributed by atoms with van der Waals surface area (Å²) in [4.78, 5) is 15.4. The highest BCUT2D eigenvalue weighted by molar-refractivity contribution is 7.99. The van der Waals surface area contributed by atoms with Crippen LogP contribution in [-0.2, 0) is 21.4 Å². The molecule has 2 N–H and O–H groups in total. The van der Waals surface area contributed by atoms with Crippen LogP contribution in [0.4, 0.5) is 10.1 Å². The number of nitrogens with one attached hydrogen (secondary N) is 2. The molecule has 1 fully saturated rings. The third-order valence-electron chi connectivity index (χ3n) is 6.02. The molecule has 2 aliphatic heterocycles. The zero-order valence-corrected chi connectivity index (χ0v) is 19.6. The lowest BCUT2D eigenvalue weighted by Gasteiger charge is -2.32. The van der Waals surface area contributed by atoms with Crippen molar-refractivity contribution in [2.75, 3.05) is 30.7 Å². The minimum absolute atomic E-state index is 0.0937. The van der Waals surface area contributed by atoms with Crippen LogP contribution < -0.4 is 10.0 Å². The smallest absolute Gasteiger partial charge is 0.240 e. The maximum Gasteiger partial charge on any atom is 0.240 e. The molecule has 0 radical (unpaired) electrons. The Kier molecular flexibility index (Phi) is 7.19. The number of nitrogens with zero attached hydrogens (tertiary/aromatic N) is 1. The molecular weight excluding hydrogens is 449 g/mol. The Morgan fingerprint density at radius 2 is 1.97 bits per heavy atom. The molecule has 2 aromatic rings. The van der Waals surface area contributed by atoms with Crippen molar-refractivity contribution in [3.05, 3.63) is 53.8 Å². The van der Waals surface area contributed by atoms with E-state index in [0.29, 0.717) is 24.5 Å². The number of amides is 1. The van der Waals surface area contributed by atoms with E-state index in [9.17, 15) is 17.6 Å². The topological polar surface area (TPSA) is 78.5 Å². The van der Waals surface area contributed by atoms with Gasteiger partial charge >= 0.3 is 0 Å². The molecule has 4 rings (SSSR count). The highest BCUT2D eigenvalue weighted by Gasteiger charge is 2.25. The number of sulfonamides is 1. The van der Waals surface area contributed by atoms with Crippen LogP contribution in [0.25, 0.3) is 0 Å². The molecule has 0 saturated carbocycles. The van der Waals surface area contributed by atoms with Gasteiger partial charge in [0.1, 0.15) is 5.82 Å². The molecular formula is C23H28FN3O3S2. The van der Waals surface area contributed by atoms with Gasteiger partial charge < -0.3 is 5.32 Å². The highest BCUT2D eigenvalue weighted by Crippen LogP contribution is 2.34. The molecule has 0 aromatic heterocycles. The fraction of sp³-hybridized carbons (Fsp3) is 0.435. The number of carbonyl (C=O) groups is 1. The largest absolute Gasteiger partial charge is 0.325 e. The minimum atomic E-state index is -3.67. The number of fused-ring (bicyclic) bond motifs is 1. The zero-order valence-electron chi connectivity index (χ0n) is 18.0. The predicted octanol–water partition coefficient (Wildman–Crippen LogP) is 3.70. The fourth-order valence-electron chi connectivity index (χ4n) is 4.00. The molecule has 2 aromatic carbocycles. The van der Waals surface area contributed by atoms with Crippen LogP contribution in [0.1, 0.15) is 25.3 Å². The third-order valence-corrected chi connectivity index (χ3v) is 8.77. The molecule has 6 nitrogen and oxygen atoms in total. The minimum Gasteiger partial charge on any atom is -0.325 e. The van der Waals surface area contributed by atoms with Gasteiger partial charge in [0.05, 0.1) is 10.6 Å². The van der Waals surface area contributed by atoms with Crippen LogP contribution in [0.2, 0.25) is 0 Å². The number of carbonyl (C=O) groups excluding carboxylic acids is 1. The van der Waals surface area contributed by atoms with Gasteiger partial charge in [-0.25, -0.2) is 17.5 Å². The molecule has 1 atom stereocenters. The number of hydrogen-bond acceptors (Lipinski definition) is 5. The van der Waals surface area contributed by atoms with Crippen molar-refractivity contribution in [1.82, 2.24) is 9.62 Å². The normalized spacial score (nSPS) is 20.4. The summed E-state index contributed by atoms with van der Waals surface area (Å²) in [7, 11) is -3.67. The summed E-state index contributed by atoms with van der Waals surface area (Å²) in [5.74, 6) is 0.477. The van der Waals surface area contributed by atoms with Crippen molar-refractivity contribution in [1.29, 1.82) is 0 Å². The number of hydrogen-bond donors (Lipinski definition) is 2. The van der Waals surface area contributed by atoms with Gasteiger partial charge in [-0.3, -0.25) is 9.69 Å². The predicted molar refractivity (Wildman–Crippen MR) is 125 cm³/mol. The average molecular weight is 478 g/mol. The first-order valence-corrected chi connectivity index (χ1v) is 13.3. The second kappa shape index (κ2) is 9.91. The van der Waals surface area contributed by atoms with Crippen LogP contribution in [-0.4, -0.2) is 44.6 Å². The summed E-state index contributed by atoms with van der Waals surface area (Å²) in [6.45, 7) is 4.64. The van der Waals surface area contributed by atoms with Crippen molar-refractivity contribution < 1.29 is 17.6 Å². The molecule has 2 heterocycles. The first-order valence-electron chi connectivity index (χ1n) is 10.8. The molecule has 1 amide bonds. The molecule has 0 unspecified atom stereocenters. The van der Waals surface area contributed by atoms with Crippen molar-refractivity contribution in [3.8, 4) is 0 Å². The van der Waals surface area contributed by atoms with E-state index in [2.05, 4.69) is 14.9 Å². The Labute approximate surface area is 193 Å². The lowest BCUT2D eigenvalue weighted by molar-refractivity contribution is -0.118. The number of likely N-dealkylation sites (tertiary alicyclic amines) is 1. The molecule has 0 spiro atoms. The standard InChI is InChI=1S/C23H28FN3O3S2/c1-16-15-31-22-6-5-20(12-21(22)26-23(16)28)32(29,30)25-13-17-7-9-27(10-8-17)14-18-3-2-4-19(24)11-18/h2-6,11-12,16-17,25H,7-10,13-15H2,1H3,(H,26,28)/t16-/m0/s1. The van der Waals surface area contributed by atoms with Crippen LogP contribution in [0, 0.1) is 17.7 Å². The van der Waals surface area contributed by atoms with Crippen LogP contribution >= 0.6 is 11.8 Å². The summed E-state index contributed by atoms with van der Waals surface area (Å²) in [5, 5.41) is 2.84. The Bertz CT molecular complexity index is 1090.